The Kier molecular flexibility index (Phi) is 3.65. The van der Waals surface area contributed by atoms with Gasteiger partial charge < -0.3 is 10.8 Å². The molecule has 1 aromatic heterocycles. The molecule has 3 rings (SSSR count). The number of hydrogen-bond acceptors (Lipinski definition) is 4. The van der Waals surface area contributed by atoms with Crippen LogP contribution in [0.2, 0.25) is 0 Å². The van der Waals surface area contributed by atoms with Crippen molar-refractivity contribution in [2.75, 3.05) is 5.73 Å². The number of aromatic carboxylic acids is 1. The van der Waals surface area contributed by atoms with Crippen LogP contribution in [0.1, 0.15) is 15.9 Å². The first kappa shape index (κ1) is 14.3. The van der Waals surface area contributed by atoms with Gasteiger partial charge in [-0.2, -0.15) is 0 Å². The molecule has 0 radical (unpaired) electrons. The minimum Gasteiger partial charge on any atom is -0.478 e. The fraction of sp³-hybridized carbons (Fsp3) is 0.0588. The average Bonchev–Trinajstić information content (AvgIpc) is 2.93. The van der Waals surface area contributed by atoms with Crippen LogP contribution in [0.25, 0.3) is 22.4 Å². The van der Waals surface area contributed by atoms with Crippen LogP contribution >= 0.6 is 11.3 Å². The number of carboxylic acids is 1. The van der Waals surface area contributed by atoms with Crippen LogP contribution in [-0.4, -0.2) is 16.1 Å². The van der Waals surface area contributed by atoms with E-state index in [1.165, 1.54) is 11.3 Å². The summed E-state index contributed by atoms with van der Waals surface area (Å²) in [6.07, 6.45) is 0. The molecular formula is C17H14N2O2S. The highest BCUT2D eigenvalue weighted by molar-refractivity contribution is 7.13. The van der Waals surface area contributed by atoms with Gasteiger partial charge in [0.25, 0.3) is 0 Å². The minimum atomic E-state index is -0.907. The number of rotatable bonds is 3. The zero-order valence-corrected chi connectivity index (χ0v) is 12.7. The molecule has 0 bridgehead atoms. The molecular weight excluding hydrogens is 296 g/mol. The van der Waals surface area contributed by atoms with Crippen LogP contribution < -0.4 is 5.73 Å². The van der Waals surface area contributed by atoms with E-state index in [9.17, 15) is 4.79 Å². The highest BCUT2D eigenvalue weighted by Gasteiger charge is 2.09. The number of nitrogens with zero attached hydrogens (tertiary/aromatic N) is 1. The number of anilines is 1. The maximum Gasteiger partial charge on any atom is 0.335 e. The molecule has 4 nitrogen and oxygen atoms in total. The lowest BCUT2D eigenvalue weighted by atomic mass is 9.98. The third-order valence-electron chi connectivity index (χ3n) is 3.47. The second kappa shape index (κ2) is 5.61. The van der Waals surface area contributed by atoms with Crippen molar-refractivity contribution < 1.29 is 9.90 Å². The largest absolute Gasteiger partial charge is 0.478 e. The van der Waals surface area contributed by atoms with Crippen molar-refractivity contribution in [2.24, 2.45) is 0 Å². The Labute approximate surface area is 131 Å². The summed E-state index contributed by atoms with van der Waals surface area (Å²) in [5.74, 6) is -0.907. The molecule has 0 saturated carbocycles. The summed E-state index contributed by atoms with van der Waals surface area (Å²) < 4.78 is 0. The molecule has 0 amide bonds. The highest BCUT2D eigenvalue weighted by Crippen LogP contribution is 2.29. The van der Waals surface area contributed by atoms with E-state index < -0.39 is 5.97 Å². The van der Waals surface area contributed by atoms with Crippen molar-refractivity contribution in [3.8, 4) is 22.4 Å². The molecule has 3 aromatic rings. The zero-order valence-electron chi connectivity index (χ0n) is 11.9. The number of aryl methyl sites for hydroxylation is 1. The predicted octanol–water partition coefficient (Wildman–Crippen LogP) is 4.07. The van der Waals surface area contributed by atoms with E-state index in [1.807, 2.05) is 41.8 Å². The van der Waals surface area contributed by atoms with Gasteiger partial charge in [-0.15, -0.1) is 11.3 Å². The molecule has 0 fully saturated rings. The van der Waals surface area contributed by atoms with Gasteiger partial charge in [0.15, 0.2) is 5.13 Å². The van der Waals surface area contributed by atoms with Gasteiger partial charge in [0.2, 0.25) is 0 Å². The molecule has 0 saturated heterocycles. The first-order chi connectivity index (χ1) is 10.5. The molecule has 0 spiro atoms. The van der Waals surface area contributed by atoms with Crippen molar-refractivity contribution in [3.05, 3.63) is 59.0 Å². The van der Waals surface area contributed by atoms with Crippen LogP contribution in [0, 0.1) is 6.92 Å². The number of hydrogen-bond donors (Lipinski definition) is 2. The minimum absolute atomic E-state index is 0.326. The summed E-state index contributed by atoms with van der Waals surface area (Å²) in [5.41, 5.74) is 10.6. The van der Waals surface area contributed by atoms with Crippen molar-refractivity contribution in [1.82, 2.24) is 4.98 Å². The number of carboxylic acid groups (broad SMARTS) is 1. The van der Waals surface area contributed by atoms with Gasteiger partial charge in [-0.1, -0.05) is 30.3 Å². The van der Waals surface area contributed by atoms with Gasteiger partial charge >= 0.3 is 5.97 Å². The molecule has 0 aliphatic rings. The number of carbonyl (C=O) groups is 1. The summed E-state index contributed by atoms with van der Waals surface area (Å²) in [6, 6.07) is 13.3. The second-order valence-electron chi connectivity index (χ2n) is 4.99. The quantitative estimate of drug-likeness (QED) is 0.764. The Hall–Kier alpha value is -2.66. The van der Waals surface area contributed by atoms with E-state index in [4.69, 9.17) is 10.8 Å². The lowest BCUT2D eigenvalue weighted by molar-refractivity contribution is 0.0696. The van der Waals surface area contributed by atoms with Crippen LogP contribution in [-0.2, 0) is 0 Å². The van der Waals surface area contributed by atoms with E-state index >= 15 is 0 Å². The monoisotopic (exact) mass is 310 g/mol. The summed E-state index contributed by atoms with van der Waals surface area (Å²) in [4.78, 5) is 15.4. The number of nitrogens with two attached hydrogens (primary N) is 1. The summed E-state index contributed by atoms with van der Waals surface area (Å²) in [7, 11) is 0. The standard InChI is InChI=1S/C17H14N2O2S/c1-10-7-12(5-6-14(10)16(20)21)11-3-2-4-13(8-11)15-9-22-17(18)19-15/h2-9H,1H3,(H2,18,19)(H,20,21). The number of benzene rings is 2. The van der Waals surface area contributed by atoms with Crippen molar-refractivity contribution in [3.63, 3.8) is 0 Å². The number of nitrogen functional groups attached to an aromatic ring is 1. The first-order valence-electron chi connectivity index (χ1n) is 6.70. The normalized spacial score (nSPS) is 10.6. The number of thiazole rings is 1. The zero-order chi connectivity index (χ0) is 15.7. The molecule has 0 aliphatic heterocycles. The molecule has 110 valence electrons. The third kappa shape index (κ3) is 2.71. The smallest absolute Gasteiger partial charge is 0.335 e. The first-order valence-corrected chi connectivity index (χ1v) is 7.58. The van der Waals surface area contributed by atoms with Crippen molar-refractivity contribution >= 4 is 22.4 Å². The maximum absolute atomic E-state index is 11.1. The van der Waals surface area contributed by atoms with E-state index in [0.717, 1.165) is 27.9 Å². The molecule has 3 N–H and O–H groups in total. The van der Waals surface area contributed by atoms with Crippen LogP contribution in [0.5, 0.6) is 0 Å². The molecule has 22 heavy (non-hydrogen) atoms. The van der Waals surface area contributed by atoms with Gasteiger partial charge in [0.05, 0.1) is 11.3 Å². The summed E-state index contributed by atoms with van der Waals surface area (Å²) >= 11 is 1.41. The Balaban J connectivity index is 2.02. The molecule has 0 unspecified atom stereocenters. The molecule has 0 atom stereocenters. The third-order valence-corrected chi connectivity index (χ3v) is 4.14. The summed E-state index contributed by atoms with van der Waals surface area (Å²) in [6.45, 7) is 1.80. The van der Waals surface area contributed by atoms with E-state index in [0.29, 0.717) is 10.7 Å². The molecule has 0 aliphatic carbocycles. The number of aromatic nitrogens is 1. The van der Waals surface area contributed by atoms with Gasteiger partial charge in [0.1, 0.15) is 0 Å². The molecule has 2 aromatic carbocycles. The van der Waals surface area contributed by atoms with Crippen LogP contribution in [0.4, 0.5) is 5.13 Å². The fourth-order valence-corrected chi connectivity index (χ4v) is 2.93. The Morgan fingerprint density at radius 2 is 1.86 bits per heavy atom. The summed E-state index contributed by atoms with van der Waals surface area (Å²) in [5, 5.41) is 11.6. The lowest BCUT2D eigenvalue weighted by Gasteiger charge is -2.07. The van der Waals surface area contributed by atoms with Crippen molar-refractivity contribution in [1.29, 1.82) is 0 Å². The Bertz CT molecular complexity index is 855. The Morgan fingerprint density at radius 1 is 1.14 bits per heavy atom. The van der Waals surface area contributed by atoms with Gasteiger partial charge in [-0.25, -0.2) is 9.78 Å². The SMILES string of the molecule is Cc1cc(-c2cccc(-c3csc(N)n3)c2)ccc1C(=O)O. The van der Waals surface area contributed by atoms with Crippen LogP contribution in [0.15, 0.2) is 47.8 Å². The molecule has 5 heteroatoms. The Morgan fingerprint density at radius 3 is 2.50 bits per heavy atom. The van der Waals surface area contributed by atoms with E-state index in [-0.39, 0.29) is 0 Å². The van der Waals surface area contributed by atoms with Gasteiger partial charge in [-0.05, 0) is 35.7 Å². The van der Waals surface area contributed by atoms with Gasteiger partial charge in [0, 0.05) is 10.9 Å². The van der Waals surface area contributed by atoms with E-state index in [1.54, 1.807) is 13.0 Å². The predicted molar refractivity (Wildman–Crippen MR) is 89.1 cm³/mol. The molecule has 1 heterocycles. The highest BCUT2D eigenvalue weighted by atomic mass is 32.1. The maximum atomic E-state index is 11.1. The van der Waals surface area contributed by atoms with Gasteiger partial charge in [-0.3, -0.25) is 0 Å². The lowest BCUT2D eigenvalue weighted by Crippen LogP contribution is -1.99. The van der Waals surface area contributed by atoms with E-state index in [2.05, 4.69) is 4.98 Å². The fourth-order valence-electron chi connectivity index (χ4n) is 2.36. The van der Waals surface area contributed by atoms with Crippen molar-refractivity contribution in [2.45, 2.75) is 6.92 Å². The van der Waals surface area contributed by atoms with Crippen LogP contribution in [0.3, 0.4) is 0 Å². The topological polar surface area (TPSA) is 76.2 Å². The second-order valence-corrected chi connectivity index (χ2v) is 5.88. The average molecular weight is 310 g/mol.